The van der Waals surface area contributed by atoms with E-state index in [-0.39, 0.29) is 5.41 Å². The van der Waals surface area contributed by atoms with Gasteiger partial charge in [0.05, 0.1) is 11.4 Å². The molecule has 0 heterocycles. The van der Waals surface area contributed by atoms with E-state index in [1.807, 2.05) is 30.3 Å². The summed E-state index contributed by atoms with van der Waals surface area (Å²) < 4.78 is 29.0. The van der Waals surface area contributed by atoms with Crippen LogP contribution in [-0.4, -0.2) is 47.4 Å². The maximum Gasteiger partial charge on any atom is 0.191 e. The summed E-state index contributed by atoms with van der Waals surface area (Å²) in [6.07, 6.45) is 1.98. The zero-order valence-electron chi connectivity index (χ0n) is 18.5. The highest BCUT2D eigenvalue weighted by Gasteiger charge is 2.18. The van der Waals surface area contributed by atoms with Crippen LogP contribution in [0.4, 0.5) is 0 Å². The second-order valence-corrected chi connectivity index (χ2v) is 10.2. The van der Waals surface area contributed by atoms with E-state index in [0.29, 0.717) is 30.6 Å². The van der Waals surface area contributed by atoms with Crippen molar-refractivity contribution in [1.82, 2.24) is 10.6 Å². The van der Waals surface area contributed by atoms with Crippen LogP contribution in [0.1, 0.15) is 31.9 Å². The lowest BCUT2D eigenvalue weighted by Crippen LogP contribution is -2.40. The Bertz CT molecular complexity index is 946. The van der Waals surface area contributed by atoms with Crippen molar-refractivity contribution in [2.75, 3.05) is 33.0 Å². The zero-order chi connectivity index (χ0) is 22.2. The molecule has 0 spiro atoms. The molecule has 164 valence electrons. The average Bonchev–Trinajstić information content (AvgIpc) is 2.69. The van der Waals surface area contributed by atoms with Gasteiger partial charge in [-0.15, -0.1) is 0 Å². The van der Waals surface area contributed by atoms with Crippen molar-refractivity contribution < 1.29 is 13.2 Å². The van der Waals surface area contributed by atoms with Gasteiger partial charge in [-0.3, -0.25) is 4.99 Å². The molecule has 0 atom stereocenters. The van der Waals surface area contributed by atoms with Crippen molar-refractivity contribution in [2.24, 2.45) is 4.99 Å². The van der Waals surface area contributed by atoms with Gasteiger partial charge in [0, 0.05) is 19.8 Å². The number of guanidine groups is 1. The molecule has 0 bridgehead atoms. The fourth-order valence-corrected chi connectivity index (χ4v) is 3.62. The molecule has 2 aromatic rings. The number of aliphatic imine (C=N–C) groups is 1. The summed E-state index contributed by atoms with van der Waals surface area (Å²) >= 11 is 0. The van der Waals surface area contributed by atoms with Crippen molar-refractivity contribution in [3.63, 3.8) is 0 Å². The van der Waals surface area contributed by atoms with Gasteiger partial charge in [0.1, 0.15) is 12.4 Å². The lowest BCUT2D eigenvalue weighted by Gasteiger charge is -2.22. The van der Waals surface area contributed by atoms with Gasteiger partial charge in [-0.2, -0.15) is 0 Å². The minimum Gasteiger partial charge on any atom is -0.491 e. The third-order valence-corrected chi connectivity index (χ3v) is 5.76. The quantitative estimate of drug-likeness (QED) is 0.381. The van der Waals surface area contributed by atoms with Crippen molar-refractivity contribution >= 4 is 15.8 Å². The molecule has 0 aliphatic heterocycles. The molecule has 0 unspecified atom stereocenters. The van der Waals surface area contributed by atoms with Crippen LogP contribution in [0.25, 0.3) is 0 Å². The molecule has 2 aromatic carbocycles. The summed E-state index contributed by atoms with van der Waals surface area (Å²) in [4.78, 5) is 4.56. The number of para-hydroxylation sites is 1. The standard InChI is InChI=1S/C23H33N3O3S/c1-23(2,3)20-8-6-7-9-21(20)29-17-16-26-22(24-4)25-15-14-18-10-12-19(13-11-18)30(5,27)28/h6-13H,14-17H2,1-5H3,(H2,24,25,26). The molecule has 0 fully saturated rings. The van der Waals surface area contributed by atoms with Crippen LogP contribution in [-0.2, 0) is 21.7 Å². The molecule has 0 aromatic heterocycles. The zero-order valence-corrected chi connectivity index (χ0v) is 19.3. The number of rotatable bonds is 8. The maximum absolute atomic E-state index is 11.5. The predicted octanol–water partition coefficient (Wildman–Crippen LogP) is 3.17. The third kappa shape index (κ3) is 7.37. The van der Waals surface area contributed by atoms with Gasteiger partial charge in [0.2, 0.25) is 0 Å². The molecule has 0 saturated carbocycles. The second kappa shape index (κ2) is 10.5. The van der Waals surface area contributed by atoms with Gasteiger partial charge in [-0.25, -0.2) is 8.42 Å². The van der Waals surface area contributed by atoms with Crippen LogP contribution in [0.15, 0.2) is 58.4 Å². The van der Waals surface area contributed by atoms with Crippen LogP contribution in [0, 0.1) is 0 Å². The number of benzene rings is 2. The summed E-state index contributed by atoms with van der Waals surface area (Å²) in [7, 11) is -1.43. The van der Waals surface area contributed by atoms with E-state index in [0.717, 1.165) is 17.7 Å². The molecule has 7 heteroatoms. The molecular formula is C23H33N3O3S. The molecule has 30 heavy (non-hydrogen) atoms. The van der Waals surface area contributed by atoms with Crippen LogP contribution in [0.5, 0.6) is 5.75 Å². The fourth-order valence-electron chi connectivity index (χ4n) is 2.99. The lowest BCUT2D eigenvalue weighted by atomic mass is 9.86. The Labute approximate surface area is 180 Å². The monoisotopic (exact) mass is 431 g/mol. The van der Waals surface area contributed by atoms with Gasteiger partial charge in [-0.05, 0) is 41.2 Å². The van der Waals surface area contributed by atoms with Crippen LogP contribution in [0.2, 0.25) is 0 Å². The molecule has 2 N–H and O–H groups in total. The summed E-state index contributed by atoms with van der Waals surface area (Å²) in [5.41, 5.74) is 2.28. The first kappa shape index (κ1) is 23.7. The van der Waals surface area contributed by atoms with Crippen molar-refractivity contribution in [2.45, 2.75) is 37.5 Å². The Kier molecular flexibility index (Phi) is 8.29. The molecule has 0 aliphatic carbocycles. The second-order valence-electron chi connectivity index (χ2n) is 8.19. The van der Waals surface area contributed by atoms with Gasteiger partial charge < -0.3 is 15.4 Å². The molecule has 0 amide bonds. The molecule has 0 radical (unpaired) electrons. The highest BCUT2D eigenvalue weighted by Crippen LogP contribution is 2.30. The van der Waals surface area contributed by atoms with Gasteiger partial charge >= 0.3 is 0 Å². The van der Waals surface area contributed by atoms with E-state index in [4.69, 9.17) is 4.74 Å². The Morgan fingerprint density at radius 3 is 2.23 bits per heavy atom. The largest absolute Gasteiger partial charge is 0.491 e. The summed E-state index contributed by atoms with van der Waals surface area (Å²) in [5, 5.41) is 6.51. The first-order valence-electron chi connectivity index (χ1n) is 10.1. The highest BCUT2D eigenvalue weighted by atomic mass is 32.2. The van der Waals surface area contributed by atoms with Crippen LogP contribution in [0.3, 0.4) is 0 Å². The normalized spacial score (nSPS) is 12.5. The van der Waals surface area contributed by atoms with Crippen molar-refractivity contribution in [1.29, 1.82) is 0 Å². The number of nitrogens with zero attached hydrogens (tertiary/aromatic N) is 1. The van der Waals surface area contributed by atoms with E-state index in [1.165, 1.54) is 11.8 Å². The van der Waals surface area contributed by atoms with Gasteiger partial charge in [-0.1, -0.05) is 51.1 Å². The Balaban J connectivity index is 1.76. The lowest BCUT2D eigenvalue weighted by molar-refractivity contribution is 0.313. The number of hydrogen-bond acceptors (Lipinski definition) is 4. The Morgan fingerprint density at radius 1 is 1.00 bits per heavy atom. The topological polar surface area (TPSA) is 79.8 Å². The third-order valence-electron chi connectivity index (χ3n) is 4.63. The molecule has 6 nitrogen and oxygen atoms in total. The summed E-state index contributed by atoms with van der Waals surface area (Å²) in [6, 6.07) is 15.1. The van der Waals surface area contributed by atoms with Crippen molar-refractivity contribution in [3.05, 3.63) is 59.7 Å². The first-order chi connectivity index (χ1) is 14.1. The number of nitrogens with one attached hydrogen (secondary N) is 2. The molecule has 0 saturated heterocycles. The predicted molar refractivity (Wildman–Crippen MR) is 123 cm³/mol. The number of hydrogen-bond donors (Lipinski definition) is 2. The van der Waals surface area contributed by atoms with Crippen LogP contribution < -0.4 is 15.4 Å². The molecule has 0 aliphatic rings. The first-order valence-corrected chi connectivity index (χ1v) is 12.0. The van der Waals surface area contributed by atoms with Crippen molar-refractivity contribution in [3.8, 4) is 5.75 Å². The minimum atomic E-state index is -3.16. The average molecular weight is 432 g/mol. The van der Waals surface area contributed by atoms with E-state index in [2.05, 4.69) is 42.5 Å². The van der Waals surface area contributed by atoms with E-state index in [1.54, 1.807) is 19.2 Å². The van der Waals surface area contributed by atoms with Gasteiger partial charge in [0.25, 0.3) is 0 Å². The number of ether oxygens (including phenoxy) is 1. The maximum atomic E-state index is 11.5. The Hall–Kier alpha value is -2.54. The number of sulfone groups is 1. The molecular weight excluding hydrogens is 398 g/mol. The van der Waals surface area contributed by atoms with E-state index in [9.17, 15) is 8.42 Å². The van der Waals surface area contributed by atoms with Gasteiger partial charge in [0.15, 0.2) is 15.8 Å². The SMILES string of the molecule is CN=C(NCCOc1ccccc1C(C)(C)C)NCCc1ccc(S(C)(=O)=O)cc1. The van der Waals surface area contributed by atoms with E-state index < -0.39 is 9.84 Å². The summed E-state index contributed by atoms with van der Waals surface area (Å²) in [6.45, 7) is 8.36. The minimum absolute atomic E-state index is 0.0289. The Morgan fingerprint density at radius 2 is 1.63 bits per heavy atom. The smallest absolute Gasteiger partial charge is 0.191 e. The van der Waals surface area contributed by atoms with Crippen LogP contribution >= 0.6 is 0 Å². The highest BCUT2D eigenvalue weighted by molar-refractivity contribution is 7.90. The fraction of sp³-hybridized carbons (Fsp3) is 0.435. The van der Waals surface area contributed by atoms with E-state index >= 15 is 0 Å². The summed E-state index contributed by atoms with van der Waals surface area (Å²) in [5.74, 6) is 1.61. The molecule has 2 rings (SSSR count).